The van der Waals surface area contributed by atoms with Crippen molar-refractivity contribution < 1.29 is 9.53 Å². The molecule has 22 heavy (non-hydrogen) atoms. The molecule has 0 fully saturated rings. The van der Waals surface area contributed by atoms with Gasteiger partial charge in [0, 0.05) is 17.1 Å². The van der Waals surface area contributed by atoms with Crippen LogP contribution in [0.4, 0.5) is 5.69 Å². The number of hydrogen-bond donors (Lipinski definition) is 1. The van der Waals surface area contributed by atoms with Gasteiger partial charge in [0.05, 0.1) is 18.3 Å². The normalized spacial score (nSPS) is 10.5. The van der Waals surface area contributed by atoms with E-state index in [1.54, 1.807) is 25.4 Å². The van der Waals surface area contributed by atoms with Crippen LogP contribution in [-0.4, -0.2) is 18.0 Å². The third-order valence-electron chi connectivity index (χ3n) is 3.56. The number of fused-ring (bicyclic) bond motifs is 1. The van der Waals surface area contributed by atoms with Crippen LogP contribution < -0.4 is 10.1 Å². The van der Waals surface area contributed by atoms with Crippen molar-refractivity contribution in [3.05, 3.63) is 65.9 Å². The molecule has 2 aromatic carbocycles. The number of nitrogens with zero attached hydrogens (tertiary/aromatic N) is 1. The van der Waals surface area contributed by atoms with Gasteiger partial charge in [-0.2, -0.15) is 0 Å². The molecule has 0 radical (unpaired) electrons. The summed E-state index contributed by atoms with van der Waals surface area (Å²) in [5.74, 6) is 0.530. The number of anilines is 1. The van der Waals surface area contributed by atoms with Crippen LogP contribution in [0.15, 0.2) is 54.7 Å². The molecule has 0 spiro atoms. The maximum absolute atomic E-state index is 12.5. The van der Waals surface area contributed by atoms with Gasteiger partial charge in [0.25, 0.3) is 5.91 Å². The van der Waals surface area contributed by atoms with Crippen LogP contribution in [0.1, 0.15) is 15.9 Å². The number of rotatable bonds is 3. The monoisotopic (exact) mass is 292 g/mol. The van der Waals surface area contributed by atoms with E-state index in [2.05, 4.69) is 10.3 Å². The topological polar surface area (TPSA) is 51.2 Å². The molecular formula is C18H16N2O2. The number of amides is 1. The molecule has 1 heterocycles. The summed E-state index contributed by atoms with van der Waals surface area (Å²) in [4.78, 5) is 16.7. The highest BCUT2D eigenvalue weighted by molar-refractivity contribution is 6.08. The second-order valence-corrected chi connectivity index (χ2v) is 5.01. The molecule has 110 valence electrons. The molecule has 0 atom stereocenters. The number of aromatic nitrogens is 1. The Hall–Kier alpha value is -2.88. The van der Waals surface area contributed by atoms with Crippen molar-refractivity contribution in [3.8, 4) is 5.75 Å². The van der Waals surface area contributed by atoms with Gasteiger partial charge in [-0.25, -0.2) is 0 Å². The van der Waals surface area contributed by atoms with Crippen LogP contribution in [0.5, 0.6) is 5.75 Å². The summed E-state index contributed by atoms with van der Waals surface area (Å²) in [5, 5.41) is 3.85. The van der Waals surface area contributed by atoms with Gasteiger partial charge in [0.15, 0.2) is 0 Å². The number of pyridine rings is 1. The number of ether oxygens (including phenoxy) is 1. The summed E-state index contributed by atoms with van der Waals surface area (Å²) >= 11 is 0. The lowest BCUT2D eigenvalue weighted by Gasteiger charge is -2.10. The molecular weight excluding hydrogens is 276 g/mol. The molecule has 0 saturated heterocycles. The van der Waals surface area contributed by atoms with E-state index in [1.165, 1.54) is 0 Å². The zero-order valence-corrected chi connectivity index (χ0v) is 12.5. The lowest BCUT2D eigenvalue weighted by molar-refractivity contribution is 0.102. The van der Waals surface area contributed by atoms with Gasteiger partial charge >= 0.3 is 0 Å². The maximum Gasteiger partial charge on any atom is 0.255 e. The Morgan fingerprint density at radius 2 is 2.00 bits per heavy atom. The number of nitrogens with one attached hydrogen (secondary N) is 1. The molecule has 4 heteroatoms. The molecule has 3 rings (SSSR count). The fourth-order valence-electron chi connectivity index (χ4n) is 2.37. The molecule has 0 aliphatic rings. The van der Waals surface area contributed by atoms with Crippen LogP contribution in [0.25, 0.3) is 10.9 Å². The van der Waals surface area contributed by atoms with Crippen molar-refractivity contribution >= 4 is 22.5 Å². The lowest BCUT2D eigenvalue weighted by atomic mass is 10.1. The Morgan fingerprint density at radius 3 is 2.82 bits per heavy atom. The summed E-state index contributed by atoms with van der Waals surface area (Å²) in [6.07, 6.45) is 1.73. The van der Waals surface area contributed by atoms with Gasteiger partial charge in [0.1, 0.15) is 5.75 Å². The van der Waals surface area contributed by atoms with E-state index < -0.39 is 0 Å². The van der Waals surface area contributed by atoms with E-state index in [4.69, 9.17) is 4.74 Å². The molecule has 1 N–H and O–H groups in total. The second-order valence-electron chi connectivity index (χ2n) is 5.01. The molecule has 4 nitrogen and oxygen atoms in total. The number of carbonyl (C=O) groups excluding carboxylic acids is 1. The minimum atomic E-state index is -0.172. The predicted octanol–water partition coefficient (Wildman–Crippen LogP) is 3.80. The quantitative estimate of drug-likeness (QED) is 0.798. The highest BCUT2D eigenvalue weighted by Crippen LogP contribution is 2.23. The number of hydrogen-bond acceptors (Lipinski definition) is 3. The Labute approximate surface area is 128 Å². The largest absolute Gasteiger partial charge is 0.496 e. The van der Waals surface area contributed by atoms with Gasteiger partial charge in [-0.05, 0) is 48.9 Å². The maximum atomic E-state index is 12.5. The van der Waals surface area contributed by atoms with Crippen molar-refractivity contribution in [1.29, 1.82) is 0 Å². The first-order valence-corrected chi connectivity index (χ1v) is 6.99. The zero-order chi connectivity index (χ0) is 15.5. The van der Waals surface area contributed by atoms with Gasteiger partial charge in [-0.1, -0.05) is 12.1 Å². The smallest absolute Gasteiger partial charge is 0.255 e. The van der Waals surface area contributed by atoms with Crippen molar-refractivity contribution in [2.45, 2.75) is 6.92 Å². The second kappa shape index (κ2) is 5.85. The van der Waals surface area contributed by atoms with Crippen LogP contribution >= 0.6 is 0 Å². The Morgan fingerprint density at radius 1 is 1.14 bits per heavy atom. The third-order valence-corrected chi connectivity index (χ3v) is 3.56. The molecule has 0 saturated carbocycles. The molecule has 0 aliphatic heterocycles. The average molecular weight is 292 g/mol. The van der Waals surface area contributed by atoms with Crippen molar-refractivity contribution in [3.63, 3.8) is 0 Å². The van der Waals surface area contributed by atoms with Gasteiger partial charge in [-0.3, -0.25) is 9.78 Å². The summed E-state index contributed by atoms with van der Waals surface area (Å²) in [7, 11) is 1.60. The van der Waals surface area contributed by atoms with Gasteiger partial charge < -0.3 is 10.1 Å². The minimum absolute atomic E-state index is 0.172. The van der Waals surface area contributed by atoms with Crippen molar-refractivity contribution in [2.24, 2.45) is 0 Å². The van der Waals surface area contributed by atoms with Crippen molar-refractivity contribution in [2.75, 3.05) is 12.4 Å². The highest BCUT2D eigenvalue weighted by atomic mass is 16.5. The van der Waals surface area contributed by atoms with Crippen LogP contribution in [0.3, 0.4) is 0 Å². The summed E-state index contributed by atoms with van der Waals surface area (Å²) in [6.45, 7) is 1.94. The van der Waals surface area contributed by atoms with E-state index in [-0.39, 0.29) is 5.91 Å². The third kappa shape index (κ3) is 2.63. The summed E-state index contributed by atoms with van der Waals surface area (Å²) < 4.78 is 5.27. The van der Waals surface area contributed by atoms with E-state index in [9.17, 15) is 4.79 Å². The number of benzene rings is 2. The fourth-order valence-corrected chi connectivity index (χ4v) is 2.37. The molecule has 1 amide bonds. The van der Waals surface area contributed by atoms with E-state index in [0.29, 0.717) is 11.3 Å². The highest BCUT2D eigenvalue weighted by Gasteiger charge is 2.10. The molecule has 0 unspecified atom stereocenters. The van der Waals surface area contributed by atoms with E-state index in [0.717, 1.165) is 22.2 Å². The molecule has 0 bridgehead atoms. The Balaban J connectivity index is 1.93. The summed E-state index contributed by atoms with van der Waals surface area (Å²) in [5.41, 5.74) is 3.15. The first kappa shape index (κ1) is 14.1. The van der Waals surface area contributed by atoms with E-state index >= 15 is 0 Å². The van der Waals surface area contributed by atoms with Crippen LogP contribution in [0, 0.1) is 6.92 Å². The first-order chi connectivity index (χ1) is 10.7. The Kier molecular flexibility index (Phi) is 3.74. The van der Waals surface area contributed by atoms with Gasteiger partial charge in [0.2, 0.25) is 0 Å². The molecule has 3 aromatic rings. The van der Waals surface area contributed by atoms with Gasteiger partial charge in [-0.15, -0.1) is 0 Å². The molecule has 0 aliphatic carbocycles. The Bertz CT molecular complexity index is 838. The van der Waals surface area contributed by atoms with Crippen LogP contribution in [-0.2, 0) is 0 Å². The minimum Gasteiger partial charge on any atom is -0.496 e. The average Bonchev–Trinajstić information content (AvgIpc) is 2.55. The zero-order valence-electron chi connectivity index (χ0n) is 12.5. The standard InChI is InChI=1S/C18H16N2O2/c1-12-8-9-13(11-17(12)22-2)18(21)20-16-7-3-6-15-14(16)5-4-10-19-15/h3-11H,1-2H3,(H,20,21). The van der Waals surface area contributed by atoms with Crippen LogP contribution in [0.2, 0.25) is 0 Å². The first-order valence-electron chi connectivity index (χ1n) is 6.99. The molecule has 1 aromatic heterocycles. The summed E-state index contributed by atoms with van der Waals surface area (Å²) in [6, 6.07) is 14.9. The fraction of sp³-hybridized carbons (Fsp3) is 0.111. The lowest BCUT2D eigenvalue weighted by Crippen LogP contribution is -2.12. The number of methoxy groups -OCH3 is 1. The SMILES string of the molecule is COc1cc(C(=O)Nc2cccc3ncccc23)ccc1C. The van der Waals surface area contributed by atoms with E-state index in [1.807, 2.05) is 43.3 Å². The number of aryl methyl sites for hydroxylation is 1. The van der Waals surface area contributed by atoms with Crippen molar-refractivity contribution in [1.82, 2.24) is 4.98 Å². The number of carbonyl (C=O) groups is 1. The predicted molar refractivity (Wildman–Crippen MR) is 87.4 cm³/mol.